The molecule has 0 saturated heterocycles. The molecule has 2 aliphatic carbocycles. The van der Waals surface area contributed by atoms with Crippen LogP contribution in [0.1, 0.15) is 71.7 Å². The van der Waals surface area contributed by atoms with E-state index in [0.717, 1.165) is 32.1 Å². The number of benzene rings is 2. The summed E-state index contributed by atoms with van der Waals surface area (Å²) in [5.74, 6) is -0.734. The number of sulfonamides is 1. The van der Waals surface area contributed by atoms with Crippen LogP contribution in [0.2, 0.25) is 5.02 Å². The zero-order valence-electron chi connectivity index (χ0n) is 19.5. The third-order valence-electron chi connectivity index (χ3n) is 6.82. The molecule has 1 fully saturated rings. The van der Waals surface area contributed by atoms with Crippen molar-refractivity contribution < 1.29 is 22.7 Å². The molecule has 1 saturated carbocycles. The zero-order valence-corrected chi connectivity index (χ0v) is 21.1. The van der Waals surface area contributed by atoms with Crippen molar-refractivity contribution in [2.24, 2.45) is 5.92 Å². The van der Waals surface area contributed by atoms with E-state index in [2.05, 4.69) is 4.72 Å². The van der Waals surface area contributed by atoms with Gasteiger partial charge >= 0.3 is 5.63 Å². The highest BCUT2D eigenvalue weighted by molar-refractivity contribution is 7.92. The van der Waals surface area contributed by atoms with E-state index in [0.29, 0.717) is 24.1 Å². The Kier molecular flexibility index (Phi) is 6.66. The van der Waals surface area contributed by atoms with Gasteiger partial charge in [0.1, 0.15) is 16.4 Å². The van der Waals surface area contributed by atoms with E-state index in [1.165, 1.54) is 12.1 Å². The molecule has 0 spiro atoms. The molecule has 0 bridgehead atoms. The molecule has 2 N–H and O–H groups in total. The quantitative estimate of drug-likeness (QED) is 0.429. The Morgan fingerprint density at radius 1 is 1.00 bits per heavy atom. The van der Waals surface area contributed by atoms with E-state index in [9.17, 15) is 23.1 Å². The topological polar surface area (TPSA) is 114 Å². The molecule has 1 aromatic heterocycles. The van der Waals surface area contributed by atoms with Crippen molar-refractivity contribution in [1.29, 1.82) is 0 Å². The van der Waals surface area contributed by atoms with Crippen LogP contribution in [0.3, 0.4) is 0 Å². The van der Waals surface area contributed by atoms with Crippen molar-refractivity contribution in [2.75, 3.05) is 4.72 Å². The summed E-state index contributed by atoms with van der Waals surface area (Å²) in [6.45, 7) is 0. The first-order chi connectivity index (χ1) is 17.3. The lowest BCUT2D eigenvalue weighted by Gasteiger charge is -2.21. The predicted octanol–water partition coefficient (Wildman–Crippen LogP) is 5.64. The van der Waals surface area contributed by atoms with Gasteiger partial charge in [0, 0.05) is 24.4 Å². The van der Waals surface area contributed by atoms with Crippen LogP contribution in [0.25, 0.3) is 0 Å². The largest absolute Gasteiger partial charge is 0.506 e. The van der Waals surface area contributed by atoms with Crippen molar-refractivity contribution in [2.45, 2.75) is 55.8 Å². The highest BCUT2D eigenvalue weighted by Crippen LogP contribution is 2.49. The van der Waals surface area contributed by atoms with Gasteiger partial charge in [-0.2, -0.15) is 0 Å². The number of fused-ring (bicyclic) bond motifs is 1. The third-order valence-corrected chi connectivity index (χ3v) is 8.70. The fourth-order valence-corrected chi connectivity index (χ4v) is 6.53. The lowest BCUT2D eigenvalue weighted by atomic mass is 9.85. The second-order valence-electron chi connectivity index (χ2n) is 9.41. The predicted molar refractivity (Wildman–Crippen MR) is 136 cm³/mol. The number of ketones is 1. The molecule has 0 amide bonds. The van der Waals surface area contributed by atoms with Gasteiger partial charge in [0.15, 0.2) is 5.78 Å². The molecule has 1 unspecified atom stereocenters. The summed E-state index contributed by atoms with van der Waals surface area (Å²) in [7, 11) is -3.96. The fourth-order valence-electron chi connectivity index (χ4n) is 4.96. The number of nitrogens with one attached hydrogen (secondary N) is 1. The summed E-state index contributed by atoms with van der Waals surface area (Å²) in [5.41, 5.74) is 0.474. The Balaban J connectivity index is 1.56. The van der Waals surface area contributed by atoms with E-state index in [1.807, 2.05) is 0 Å². The van der Waals surface area contributed by atoms with Crippen LogP contribution in [-0.4, -0.2) is 19.3 Å². The molecule has 1 heterocycles. The number of hydrogen-bond acceptors (Lipinski definition) is 6. The molecule has 2 aromatic carbocycles. The van der Waals surface area contributed by atoms with E-state index in [1.54, 1.807) is 36.4 Å². The number of aromatic hydroxyl groups is 1. The van der Waals surface area contributed by atoms with E-state index < -0.39 is 21.6 Å². The van der Waals surface area contributed by atoms with Gasteiger partial charge in [-0.05, 0) is 61.4 Å². The number of carbonyl (C=O) groups is 1. The van der Waals surface area contributed by atoms with Gasteiger partial charge in [-0.25, -0.2) is 13.2 Å². The summed E-state index contributed by atoms with van der Waals surface area (Å²) in [6, 6.07) is 12.9. The van der Waals surface area contributed by atoms with Gasteiger partial charge < -0.3 is 9.52 Å². The third kappa shape index (κ3) is 4.80. The number of halogens is 1. The minimum absolute atomic E-state index is 0.0470. The minimum Gasteiger partial charge on any atom is -0.506 e. The van der Waals surface area contributed by atoms with Crippen LogP contribution in [0.15, 0.2) is 62.6 Å². The molecule has 1 atom stereocenters. The summed E-state index contributed by atoms with van der Waals surface area (Å²) in [4.78, 5) is 25.9. The first kappa shape index (κ1) is 24.6. The van der Waals surface area contributed by atoms with Gasteiger partial charge in [-0.1, -0.05) is 42.3 Å². The SMILES string of the molecule is O=C1CCCCCc2oc(=O)c(C(c3cccc(NS(=O)(=O)c4ccccc4Cl)c3)C3CC3)c(O)c21. The molecule has 188 valence electrons. The second-order valence-corrected chi connectivity index (χ2v) is 11.5. The van der Waals surface area contributed by atoms with E-state index >= 15 is 0 Å². The summed E-state index contributed by atoms with van der Waals surface area (Å²) in [6.07, 6.45) is 4.76. The fraction of sp³-hybridized carbons (Fsp3) is 0.333. The standard InChI is InChI=1S/C27H26ClNO6S/c28-19-9-4-5-12-22(19)36(33,34)29-18-8-6-7-17(15-18)23(16-13-14-16)25-26(31)24-20(30)10-2-1-3-11-21(24)35-27(25)32/h4-9,12,15-16,23,29,31H,1-3,10-11,13-14H2. The number of Topliss-reactive ketones (excluding diaryl/α,β-unsaturated/α-hetero) is 1. The average Bonchev–Trinajstić information content (AvgIpc) is 3.65. The Morgan fingerprint density at radius 3 is 2.50 bits per heavy atom. The Morgan fingerprint density at radius 2 is 1.75 bits per heavy atom. The lowest BCUT2D eigenvalue weighted by molar-refractivity contribution is 0.0968. The summed E-state index contributed by atoms with van der Waals surface area (Å²) < 4.78 is 34.1. The van der Waals surface area contributed by atoms with Crippen LogP contribution in [0, 0.1) is 5.92 Å². The molecule has 36 heavy (non-hydrogen) atoms. The van der Waals surface area contributed by atoms with Crippen molar-refractivity contribution in [1.82, 2.24) is 0 Å². The van der Waals surface area contributed by atoms with Crippen LogP contribution in [0.5, 0.6) is 5.75 Å². The van der Waals surface area contributed by atoms with Gasteiger partial charge in [-0.3, -0.25) is 9.52 Å². The van der Waals surface area contributed by atoms with Gasteiger partial charge in [0.25, 0.3) is 10.0 Å². The minimum atomic E-state index is -3.96. The van der Waals surface area contributed by atoms with Gasteiger partial charge in [0.05, 0.1) is 16.1 Å². The number of hydrogen-bond donors (Lipinski definition) is 2. The molecule has 5 rings (SSSR count). The molecule has 7 nitrogen and oxygen atoms in total. The number of rotatable bonds is 6. The van der Waals surface area contributed by atoms with Crippen molar-refractivity contribution in [3.05, 3.63) is 86.4 Å². The average molecular weight is 528 g/mol. The molecule has 3 aromatic rings. The Bertz CT molecular complexity index is 1490. The summed E-state index contributed by atoms with van der Waals surface area (Å²) >= 11 is 6.09. The van der Waals surface area contributed by atoms with Crippen LogP contribution >= 0.6 is 11.6 Å². The summed E-state index contributed by atoms with van der Waals surface area (Å²) in [5, 5.41) is 11.3. The van der Waals surface area contributed by atoms with Crippen LogP contribution < -0.4 is 10.3 Å². The number of anilines is 1. The monoisotopic (exact) mass is 527 g/mol. The lowest BCUT2D eigenvalue weighted by Crippen LogP contribution is -2.21. The molecule has 2 aliphatic rings. The normalized spacial score (nSPS) is 17.1. The highest BCUT2D eigenvalue weighted by atomic mass is 35.5. The maximum Gasteiger partial charge on any atom is 0.343 e. The smallest absolute Gasteiger partial charge is 0.343 e. The number of carbonyl (C=O) groups excluding carboxylic acids is 1. The van der Waals surface area contributed by atoms with Crippen molar-refractivity contribution in [3.8, 4) is 5.75 Å². The van der Waals surface area contributed by atoms with E-state index in [-0.39, 0.29) is 44.3 Å². The highest BCUT2D eigenvalue weighted by Gasteiger charge is 2.39. The molecular formula is C27H26ClNO6S. The molecular weight excluding hydrogens is 502 g/mol. The molecule has 0 aliphatic heterocycles. The maximum atomic E-state index is 13.1. The Labute approximate surface area is 214 Å². The first-order valence-corrected chi connectivity index (χ1v) is 13.9. The molecule has 0 radical (unpaired) electrons. The zero-order chi connectivity index (χ0) is 25.4. The molecule has 9 heteroatoms. The first-order valence-electron chi connectivity index (χ1n) is 12.1. The van der Waals surface area contributed by atoms with Gasteiger partial charge in [-0.15, -0.1) is 0 Å². The van der Waals surface area contributed by atoms with Crippen molar-refractivity contribution in [3.63, 3.8) is 0 Å². The second kappa shape index (κ2) is 9.75. The van der Waals surface area contributed by atoms with Crippen molar-refractivity contribution >= 4 is 33.1 Å². The van der Waals surface area contributed by atoms with E-state index in [4.69, 9.17) is 16.0 Å². The Hall–Kier alpha value is -3.10. The van der Waals surface area contributed by atoms with Gasteiger partial charge in [0.2, 0.25) is 0 Å². The van der Waals surface area contributed by atoms with Crippen LogP contribution in [0.4, 0.5) is 5.69 Å². The number of aryl methyl sites for hydroxylation is 1. The maximum absolute atomic E-state index is 13.1. The van der Waals surface area contributed by atoms with Crippen LogP contribution in [-0.2, 0) is 16.4 Å².